The smallest absolute Gasteiger partial charge is 0.202 e. The maximum Gasteiger partial charge on any atom is 0.202 e. The van der Waals surface area contributed by atoms with Gasteiger partial charge in [-0.2, -0.15) is 0 Å². The molecule has 0 fully saturated rings. The Morgan fingerprint density at radius 1 is 1.19 bits per heavy atom. The van der Waals surface area contributed by atoms with Crippen LogP contribution in [-0.2, 0) is 0 Å². The van der Waals surface area contributed by atoms with E-state index in [0.717, 1.165) is 14.4 Å². The van der Waals surface area contributed by atoms with Gasteiger partial charge < -0.3 is 5.32 Å². The molecule has 4 heteroatoms. The molecule has 0 aliphatic carbocycles. The standard InChI is InChI=1S/C12H10BrNOS/c1-14-9-4-2-8(3-5-9)12(15)10-6-7-11(13)16-10/h2-7,14H,1H3. The molecule has 0 aliphatic rings. The van der Waals surface area contributed by atoms with Crippen molar-refractivity contribution in [2.24, 2.45) is 0 Å². The SMILES string of the molecule is CNc1ccc(C(=O)c2ccc(Br)s2)cc1. The maximum absolute atomic E-state index is 12.0. The summed E-state index contributed by atoms with van der Waals surface area (Å²) in [7, 11) is 1.85. The summed E-state index contributed by atoms with van der Waals surface area (Å²) in [5.41, 5.74) is 1.72. The molecule has 0 bridgehead atoms. The van der Waals surface area contributed by atoms with Crippen LogP contribution < -0.4 is 5.32 Å². The van der Waals surface area contributed by atoms with Gasteiger partial charge in [0.2, 0.25) is 5.78 Å². The molecule has 0 radical (unpaired) electrons. The summed E-state index contributed by atoms with van der Waals surface area (Å²) < 4.78 is 0.975. The quantitative estimate of drug-likeness (QED) is 0.873. The van der Waals surface area contributed by atoms with Crippen molar-refractivity contribution in [1.82, 2.24) is 0 Å². The van der Waals surface area contributed by atoms with Gasteiger partial charge in [-0.3, -0.25) is 4.79 Å². The Kier molecular flexibility index (Phi) is 3.41. The number of nitrogens with one attached hydrogen (secondary N) is 1. The van der Waals surface area contributed by atoms with E-state index < -0.39 is 0 Å². The predicted octanol–water partition coefficient (Wildman–Crippen LogP) is 3.78. The van der Waals surface area contributed by atoms with Crippen LogP contribution in [0.2, 0.25) is 0 Å². The van der Waals surface area contributed by atoms with E-state index in [9.17, 15) is 4.79 Å². The summed E-state index contributed by atoms with van der Waals surface area (Å²) in [6.07, 6.45) is 0. The Morgan fingerprint density at radius 3 is 2.38 bits per heavy atom. The Balaban J connectivity index is 2.27. The molecule has 1 N–H and O–H groups in total. The van der Waals surface area contributed by atoms with Crippen LogP contribution in [0.4, 0.5) is 5.69 Å². The Morgan fingerprint density at radius 2 is 1.88 bits per heavy atom. The normalized spacial score (nSPS) is 10.1. The third kappa shape index (κ3) is 2.33. The Hall–Kier alpha value is -1.13. The van der Waals surface area contributed by atoms with Crippen LogP contribution in [-0.4, -0.2) is 12.8 Å². The van der Waals surface area contributed by atoms with E-state index in [0.29, 0.717) is 5.56 Å². The molecule has 0 amide bonds. The molecule has 1 aromatic carbocycles. The molecule has 2 rings (SSSR count). The molecule has 0 atom stereocenters. The molecule has 0 saturated carbocycles. The molecule has 1 heterocycles. The lowest BCUT2D eigenvalue weighted by Crippen LogP contribution is -1.98. The molecule has 0 aliphatic heterocycles. The highest BCUT2D eigenvalue weighted by molar-refractivity contribution is 9.11. The van der Waals surface area contributed by atoms with Gasteiger partial charge in [0.05, 0.1) is 8.66 Å². The number of ketones is 1. The van der Waals surface area contributed by atoms with Gasteiger partial charge in [0.15, 0.2) is 0 Å². The van der Waals surface area contributed by atoms with E-state index >= 15 is 0 Å². The molecule has 0 unspecified atom stereocenters. The molecular weight excluding hydrogens is 286 g/mol. The van der Waals surface area contributed by atoms with Gasteiger partial charge >= 0.3 is 0 Å². The molecule has 0 saturated heterocycles. The van der Waals surface area contributed by atoms with Crippen molar-refractivity contribution in [3.8, 4) is 0 Å². The summed E-state index contributed by atoms with van der Waals surface area (Å²) >= 11 is 4.80. The third-order valence-corrected chi connectivity index (χ3v) is 3.86. The average molecular weight is 296 g/mol. The van der Waals surface area contributed by atoms with Gasteiger partial charge in [-0.25, -0.2) is 0 Å². The van der Waals surface area contributed by atoms with Crippen molar-refractivity contribution in [2.45, 2.75) is 0 Å². The first-order valence-corrected chi connectivity index (χ1v) is 6.39. The van der Waals surface area contributed by atoms with Crippen LogP contribution in [0.25, 0.3) is 0 Å². The van der Waals surface area contributed by atoms with Crippen molar-refractivity contribution in [2.75, 3.05) is 12.4 Å². The van der Waals surface area contributed by atoms with E-state index in [1.165, 1.54) is 11.3 Å². The van der Waals surface area contributed by atoms with Crippen LogP contribution >= 0.6 is 27.3 Å². The lowest BCUT2D eigenvalue weighted by molar-refractivity contribution is 0.104. The fourth-order valence-electron chi connectivity index (χ4n) is 1.37. The second kappa shape index (κ2) is 4.80. The molecule has 82 valence electrons. The fraction of sp³-hybridized carbons (Fsp3) is 0.0833. The average Bonchev–Trinajstić information content (AvgIpc) is 2.75. The van der Waals surface area contributed by atoms with Crippen molar-refractivity contribution >= 4 is 38.7 Å². The third-order valence-electron chi connectivity index (χ3n) is 2.23. The largest absolute Gasteiger partial charge is 0.388 e. The van der Waals surface area contributed by atoms with Crippen molar-refractivity contribution in [3.63, 3.8) is 0 Å². The first-order chi connectivity index (χ1) is 7.70. The highest BCUT2D eigenvalue weighted by atomic mass is 79.9. The van der Waals surface area contributed by atoms with Crippen LogP contribution in [0.1, 0.15) is 15.2 Å². The fourth-order valence-corrected chi connectivity index (χ4v) is 2.71. The molecule has 1 aromatic heterocycles. The molecule has 2 aromatic rings. The number of hydrogen-bond donors (Lipinski definition) is 1. The highest BCUT2D eigenvalue weighted by Crippen LogP contribution is 2.24. The van der Waals surface area contributed by atoms with Crippen molar-refractivity contribution in [1.29, 1.82) is 0 Å². The lowest BCUT2D eigenvalue weighted by Gasteiger charge is -2.01. The number of hydrogen-bond acceptors (Lipinski definition) is 3. The number of rotatable bonds is 3. The number of carbonyl (C=O) groups is 1. The topological polar surface area (TPSA) is 29.1 Å². The minimum absolute atomic E-state index is 0.0679. The zero-order valence-electron chi connectivity index (χ0n) is 8.66. The Labute approximate surface area is 106 Å². The first-order valence-electron chi connectivity index (χ1n) is 4.78. The zero-order valence-corrected chi connectivity index (χ0v) is 11.1. The van der Waals surface area contributed by atoms with Gasteiger partial charge in [-0.1, -0.05) is 0 Å². The van der Waals surface area contributed by atoms with Crippen LogP contribution in [0.5, 0.6) is 0 Å². The first kappa shape index (κ1) is 11.4. The second-order valence-corrected chi connectivity index (χ2v) is 5.72. The van der Waals surface area contributed by atoms with Gasteiger partial charge in [0, 0.05) is 18.3 Å². The molecule has 0 spiro atoms. The van der Waals surface area contributed by atoms with E-state index in [2.05, 4.69) is 21.2 Å². The zero-order chi connectivity index (χ0) is 11.5. The maximum atomic E-state index is 12.0. The van der Waals surface area contributed by atoms with Crippen LogP contribution in [0.15, 0.2) is 40.2 Å². The van der Waals surface area contributed by atoms with E-state index in [1.807, 2.05) is 43.4 Å². The summed E-state index contributed by atoms with van der Waals surface area (Å²) in [6, 6.07) is 11.2. The monoisotopic (exact) mass is 295 g/mol. The predicted molar refractivity (Wildman–Crippen MR) is 71.4 cm³/mol. The molecule has 2 nitrogen and oxygen atoms in total. The van der Waals surface area contributed by atoms with Gasteiger partial charge in [-0.15, -0.1) is 11.3 Å². The lowest BCUT2D eigenvalue weighted by atomic mass is 10.1. The summed E-state index contributed by atoms with van der Waals surface area (Å²) in [6.45, 7) is 0. The molecule has 16 heavy (non-hydrogen) atoms. The number of carbonyl (C=O) groups excluding carboxylic acids is 1. The summed E-state index contributed by atoms with van der Waals surface area (Å²) in [5, 5.41) is 3.02. The number of anilines is 1. The summed E-state index contributed by atoms with van der Waals surface area (Å²) in [4.78, 5) is 12.8. The van der Waals surface area contributed by atoms with Crippen LogP contribution in [0, 0.1) is 0 Å². The van der Waals surface area contributed by atoms with Crippen LogP contribution in [0.3, 0.4) is 0 Å². The van der Waals surface area contributed by atoms with Gasteiger partial charge in [0.25, 0.3) is 0 Å². The van der Waals surface area contributed by atoms with Crippen molar-refractivity contribution < 1.29 is 4.79 Å². The number of halogens is 1. The number of thiophene rings is 1. The Bertz CT molecular complexity index is 504. The van der Waals surface area contributed by atoms with E-state index in [4.69, 9.17) is 0 Å². The molecular formula is C12H10BrNOS. The van der Waals surface area contributed by atoms with E-state index in [-0.39, 0.29) is 5.78 Å². The van der Waals surface area contributed by atoms with Gasteiger partial charge in [0.1, 0.15) is 0 Å². The number of benzene rings is 1. The minimum atomic E-state index is 0.0679. The minimum Gasteiger partial charge on any atom is -0.388 e. The summed E-state index contributed by atoms with van der Waals surface area (Å²) in [5.74, 6) is 0.0679. The van der Waals surface area contributed by atoms with Crippen molar-refractivity contribution in [3.05, 3.63) is 50.6 Å². The van der Waals surface area contributed by atoms with E-state index in [1.54, 1.807) is 0 Å². The highest BCUT2D eigenvalue weighted by Gasteiger charge is 2.10. The van der Waals surface area contributed by atoms with Gasteiger partial charge in [-0.05, 0) is 52.3 Å². The second-order valence-electron chi connectivity index (χ2n) is 3.26.